The molecule has 170 valence electrons. The monoisotopic (exact) mass is 488 g/mol. The van der Waals surface area contributed by atoms with Crippen molar-refractivity contribution < 1.29 is 23.1 Å². The Bertz CT molecular complexity index is 984. The summed E-state index contributed by atoms with van der Waals surface area (Å²) in [6, 6.07) is 10.1. The summed E-state index contributed by atoms with van der Waals surface area (Å²) in [5.41, 5.74) is 0.739. The van der Waals surface area contributed by atoms with Crippen molar-refractivity contribution in [3.05, 3.63) is 58.1 Å². The number of ether oxygens (including phenoxy) is 1. The van der Waals surface area contributed by atoms with Gasteiger partial charge in [0.2, 0.25) is 5.91 Å². The number of rotatable bonds is 11. The van der Waals surface area contributed by atoms with E-state index in [1.54, 1.807) is 19.1 Å². The molecule has 0 radical (unpaired) electrons. The summed E-state index contributed by atoms with van der Waals surface area (Å²) in [4.78, 5) is 11.6. The molecule has 10 heteroatoms. The molecule has 0 unspecified atom stereocenters. The zero-order chi connectivity index (χ0) is 23.0. The van der Waals surface area contributed by atoms with Crippen molar-refractivity contribution in [2.45, 2.75) is 37.3 Å². The molecular formula is C21H26Cl2N2O5S. The first-order valence-corrected chi connectivity index (χ1v) is 11.8. The van der Waals surface area contributed by atoms with Crippen molar-refractivity contribution in [3.8, 4) is 0 Å². The van der Waals surface area contributed by atoms with Gasteiger partial charge in [0, 0.05) is 35.3 Å². The minimum Gasteiger partial charge on any atom is -0.392 e. The van der Waals surface area contributed by atoms with Crippen LogP contribution in [0.15, 0.2) is 47.4 Å². The molecule has 0 fully saturated rings. The van der Waals surface area contributed by atoms with Gasteiger partial charge in [-0.25, -0.2) is 8.42 Å². The maximum absolute atomic E-state index is 13.6. The Morgan fingerprint density at radius 1 is 1.16 bits per heavy atom. The van der Waals surface area contributed by atoms with E-state index < -0.39 is 16.1 Å². The molecule has 0 saturated carbocycles. The zero-order valence-electron chi connectivity index (χ0n) is 17.3. The molecule has 31 heavy (non-hydrogen) atoms. The van der Waals surface area contributed by atoms with Crippen LogP contribution in [0.25, 0.3) is 0 Å². The van der Waals surface area contributed by atoms with E-state index in [0.29, 0.717) is 40.7 Å². The molecule has 0 aliphatic carbocycles. The van der Waals surface area contributed by atoms with Gasteiger partial charge in [0.1, 0.15) is 6.61 Å². The Balaban J connectivity index is 2.36. The number of amides is 1. The van der Waals surface area contributed by atoms with E-state index in [9.17, 15) is 18.3 Å². The van der Waals surface area contributed by atoms with Gasteiger partial charge in [0.15, 0.2) is 0 Å². The van der Waals surface area contributed by atoms with Gasteiger partial charge in [-0.3, -0.25) is 9.10 Å². The lowest BCUT2D eigenvalue weighted by molar-refractivity contribution is -0.124. The van der Waals surface area contributed by atoms with Crippen molar-refractivity contribution >= 4 is 44.8 Å². The highest BCUT2D eigenvalue weighted by Gasteiger charge is 2.31. The lowest BCUT2D eigenvalue weighted by Gasteiger charge is -2.32. The molecule has 0 aliphatic heterocycles. The van der Waals surface area contributed by atoms with Crippen molar-refractivity contribution in [2.24, 2.45) is 0 Å². The average molecular weight is 489 g/mol. The van der Waals surface area contributed by atoms with Crippen LogP contribution in [-0.2, 0) is 26.2 Å². The Morgan fingerprint density at radius 2 is 1.81 bits per heavy atom. The quantitative estimate of drug-likeness (QED) is 0.471. The number of carbonyl (C=O) groups excluding carboxylic acids is 1. The second-order valence-electron chi connectivity index (χ2n) is 6.96. The molecule has 0 aromatic heterocycles. The van der Waals surface area contributed by atoms with Gasteiger partial charge in [-0.2, -0.15) is 0 Å². The van der Waals surface area contributed by atoms with Gasteiger partial charge >= 0.3 is 0 Å². The number of aliphatic hydroxyl groups excluding tert-OH is 1. The van der Waals surface area contributed by atoms with Gasteiger partial charge < -0.3 is 15.2 Å². The smallest absolute Gasteiger partial charge is 0.264 e. The van der Waals surface area contributed by atoms with E-state index in [2.05, 4.69) is 5.32 Å². The van der Waals surface area contributed by atoms with Crippen LogP contribution in [0.1, 0.15) is 25.3 Å². The highest BCUT2D eigenvalue weighted by Crippen LogP contribution is 2.33. The van der Waals surface area contributed by atoms with E-state index in [0.717, 1.165) is 0 Å². The fourth-order valence-corrected chi connectivity index (χ4v) is 5.13. The van der Waals surface area contributed by atoms with Crippen molar-refractivity contribution in [3.63, 3.8) is 0 Å². The minimum atomic E-state index is -3.98. The molecule has 2 aromatic rings. The average Bonchev–Trinajstić information content (AvgIpc) is 2.72. The Kier molecular flexibility index (Phi) is 9.58. The number of carbonyl (C=O) groups is 1. The number of sulfonamides is 1. The molecule has 7 nitrogen and oxygen atoms in total. The van der Waals surface area contributed by atoms with Crippen LogP contribution in [0.5, 0.6) is 0 Å². The number of nitrogens with one attached hydrogen (secondary N) is 1. The van der Waals surface area contributed by atoms with E-state index in [1.165, 1.54) is 41.7 Å². The zero-order valence-corrected chi connectivity index (χ0v) is 19.7. The predicted molar refractivity (Wildman–Crippen MR) is 122 cm³/mol. The third kappa shape index (κ3) is 6.82. The largest absolute Gasteiger partial charge is 0.392 e. The van der Waals surface area contributed by atoms with E-state index in [4.69, 9.17) is 27.9 Å². The van der Waals surface area contributed by atoms with Crippen LogP contribution in [0.3, 0.4) is 0 Å². The molecule has 2 aromatic carbocycles. The highest BCUT2D eigenvalue weighted by molar-refractivity contribution is 7.92. The number of halogens is 2. The summed E-state index contributed by atoms with van der Waals surface area (Å²) in [5.74, 6) is -0.238. The fourth-order valence-electron chi connectivity index (χ4n) is 3.12. The first-order valence-electron chi connectivity index (χ1n) is 9.65. The lowest BCUT2D eigenvalue weighted by atomic mass is 10.1. The molecule has 0 saturated heterocycles. The van der Waals surface area contributed by atoms with Crippen LogP contribution in [-0.4, -0.2) is 45.7 Å². The maximum Gasteiger partial charge on any atom is 0.264 e. The van der Waals surface area contributed by atoms with Crippen molar-refractivity contribution in [2.75, 3.05) is 24.6 Å². The number of benzene rings is 2. The summed E-state index contributed by atoms with van der Waals surface area (Å²) in [6.07, 6.45) is 0.996. The molecular weight excluding hydrogens is 463 g/mol. The summed E-state index contributed by atoms with van der Waals surface area (Å²) in [6.45, 7) is 1.77. The van der Waals surface area contributed by atoms with Gasteiger partial charge in [-0.1, -0.05) is 29.3 Å². The van der Waals surface area contributed by atoms with Gasteiger partial charge in [-0.15, -0.1) is 0 Å². The summed E-state index contributed by atoms with van der Waals surface area (Å²) < 4.78 is 33.2. The SMILES string of the molecule is COCC(=O)NCCC[C@@H](C)N(c1cc(Cl)ccc1CO)S(=O)(=O)c1ccc(Cl)cc1. The molecule has 2 rings (SSSR count). The van der Waals surface area contributed by atoms with Gasteiger partial charge in [0.05, 0.1) is 17.2 Å². The lowest BCUT2D eigenvalue weighted by Crippen LogP contribution is -2.40. The number of methoxy groups -OCH3 is 1. The molecule has 0 heterocycles. The van der Waals surface area contributed by atoms with Crippen LogP contribution < -0.4 is 9.62 Å². The van der Waals surface area contributed by atoms with Crippen molar-refractivity contribution in [1.82, 2.24) is 5.32 Å². The van der Waals surface area contributed by atoms with Gasteiger partial charge in [0.25, 0.3) is 10.0 Å². The fraction of sp³-hybridized carbons (Fsp3) is 0.381. The van der Waals surface area contributed by atoms with Crippen LogP contribution in [0.4, 0.5) is 5.69 Å². The van der Waals surface area contributed by atoms with Crippen LogP contribution in [0, 0.1) is 0 Å². The second kappa shape index (κ2) is 11.7. The molecule has 0 spiro atoms. The van der Waals surface area contributed by atoms with E-state index in [1.807, 2.05) is 0 Å². The third-order valence-corrected chi connectivity index (χ3v) is 7.05. The standard InChI is InChI=1S/C21H26Cl2N2O5S/c1-15(4-3-11-24-21(27)14-30-2)25(20-12-18(23)6-5-16(20)13-26)31(28,29)19-9-7-17(22)8-10-19/h5-10,12,15,26H,3-4,11,13-14H2,1-2H3,(H,24,27)/t15-/m1/s1. The number of nitrogens with zero attached hydrogens (tertiary/aromatic N) is 1. The number of hydrogen-bond acceptors (Lipinski definition) is 5. The van der Waals surface area contributed by atoms with Crippen LogP contribution >= 0.6 is 23.2 Å². The third-order valence-electron chi connectivity index (χ3n) is 4.62. The minimum absolute atomic E-state index is 0.0327. The molecule has 1 atom stereocenters. The van der Waals surface area contributed by atoms with E-state index >= 15 is 0 Å². The molecule has 1 amide bonds. The molecule has 2 N–H and O–H groups in total. The van der Waals surface area contributed by atoms with Crippen LogP contribution in [0.2, 0.25) is 10.0 Å². The number of hydrogen-bond donors (Lipinski definition) is 2. The number of anilines is 1. The maximum atomic E-state index is 13.6. The normalized spacial score (nSPS) is 12.4. The summed E-state index contributed by atoms with van der Waals surface area (Å²) >= 11 is 12.1. The topological polar surface area (TPSA) is 95.9 Å². The first kappa shape index (κ1) is 25.4. The highest BCUT2D eigenvalue weighted by atomic mass is 35.5. The number of aliphatic hydroxyl groups is 1. The Hall–Kier alpha value is -1.84. The first-order chi connectivity index (χ1) is 14.7. The van der Waals surface area contributed by atoms with Gasteiger partial charge in [-0.05, 0) is 56.2 Å². The molecule has 0 aliphatic rings. The Morgan fingerprint density at radius 3 is 2.42 bits per heavy atom. The summed E-state index contributed by atoms with van der Waals surface area (Å²) in [7, 11) is -2.55. The predicted octanol–water partition coefficient (Wildman–Crippen LogP) is 3.61. The van der Waals surface area contributed by atoms with Crippen molar-refractivity contribution in [1.29, 1.82) is 0 Å². The molecule has 0 bridgehead atoms. The summed E-state index contributed by atoms with van der Waals surface area (Å²) in [5, 5.41) is 13.3. The second-order valence-corrected chi connectivity index (χ2v) is 9.65. The Labute approximate surface area is 193 Å². The van der Waals surface area contributed by atoms with E-state index in [-0.39, 0.29) is 24.0 Å².